The first kappa shape index (κ1) is 19.1. The molecule has 3 heteroatoms. The van der Waals surface area contributed by atoms with Crippen LogP contribution in [-0.2, 0) is 13.5 Å². The molecule has 156 valence electrons. The molecule has 3 heterocycles. The highest BCUT2D eigenvalue weighted by Crippen LogP contribution is 2.41. The topological polar surface area (TPSA) is 12.7 Å². The lowest BCUT2D eigenvalue weighted by Gasteiger charge is -2.16. The van der Waals surface area contributed by atoms with E-state index in [0.29, 0.717) is 0 Å². The maximum Gasteiger partial charge on any atom is 0.231 e. The minimum Gasteiger partial charge on any atom is -0.311 e. The van der Waals surface area contributed by atoms with E-state index in [2.05, 4.69) is 89.4 Å². The van der Waals surface area contributed by atoms with Gasteiger partial charge in [-0.1, -0.05) is 30.3 Å². The standard InChI is InChI=1S/C29H26N3/c1-17-8-7-9-22-24(17)21-11-10-18(2)25-27(21)32(22)23-15-19(16-29(3,4)30-5)14-20-12-13-31(6)28(25)26(20)23/h7-15H,16H2,1-4,6H3/q+1. The molecule has 0 aliphatic heterocycles. The zero-order valence-corrected chi connectivity index (χ0v) is 19.2. The number of rotatable bonds is 2. The number of nitrogens with zero attached hydrogens (tertiary/aromatic N) is 3. The second-order valence-electron chi connectivity index (χ2n) is 9.91. The van der Waals surface area contributed by atoms with Crippen LogP contribution in [0.25, 0.3) is 53.8 Å². The summed E-state index contributed by atoms with van der Waals surface area (Å²) in [5.74, 6) is 0. The quantitative estimate of drug-likeness (QED) is 0.129. The van der Waals surface area contributed by atoms with E-state index < -0.39 is 5.54 Å². The van der Waals surface area contributed by atoms with Gasteiger partial charge in [-0.25, -0.2) is 11.1 Å². The number of aryl methyl sites for hydroxylation is 3. The number of hydrogen-bond acceptors (Lipinski definition) is 0. The molecule has 0 radical (unpaired) electrons. The van der Waals surface area contributed by atoms with Gasteiger partial charge in [-0.2, -0.15) is 0 Å². The van der Waals surface area contributed by atoms with Crippen molar-refractivity contribution in [3.8, 4) is 0 Å². The van der Waals surface area contributed by atoms with Crippen LogP contribution in [0.2, 0.25) is 0 Å². The summed E-state index contributed by atoms with van der Waals surface area (Å²) < 4.78 is 4.74. The van der Waals surface area contributed by atoms with Crippen molar-refractivity contribution < 1.29 is 4.57 Å². The fourth-order valence-corrected chi connectivity index (χ4v) is 5.65. The summed E-state index contributed by atoms with van der Waals surface area (Å²) in [6.45, 7) is 16.1. The lowest BCUT2D eigenvalue weighted by atomic mass is 9.92. The number of aromatic nitrogens is 2. The molecule has 3 aromatic carbocycles. The van der Waals surface area contributed by atoms with E-state index in [1.54, 1.807) is 0 Å². The monoisotopic (exact) mass is 416 g/mol. The van der Waals surface area contributed by atoms with Crippen LogP contribution in [-0.4, -0.2) is 9.94 Å². The van der Waals surface area contributed by atoms with E-state index in [9.17, 15) is 0 Å². The van der Waals surface area contributed by atoms with Gasteiger partial charge in [0.05, 0.1) is 33.7 Å². The summed E-state index contributed by atoms with van der Waals surface area (Å²) in [6, 6.07) is 18.0. The molecule has 3 aromatic heterocycles. The molecular weight excluding hydrogens is 390 g/mol. The van der Waals surface area contributed by atoms with Crippen molar-refractivity contribution in [1.29, 1.82) is 0 Å². The van der Waals surface area contributed by atoms with Gasteiger partial charge in [0.2, 0.25) is 11.1 Å². The third-order valence-corrected chi connectivity index (χ3v) is 7.06. The molecule has 0 saturated carbocycles. The lowest BCUT2D eigenvalue weighted by molar-refractivity contribution is -0.643. The molecule has 6 aromatic rings. The molecule has 0 N–H and O–H groups in total. The van der Waals surface area contributed by atoms with E-state index in [1.165, 1.54) is 65.7 Å². The van der Waals surface area contributed by atoms with Gasteiger partial charge < -0.3 is 9.25 Å². The fourth-order valence-electron chi connectivity index (χ4n) is 5.65. The Morgan fingerprint density at radius 3 is 2.50 bits per heavy atom. The Labute approximate surface area is 187 Å². The van der Waals surface area contributed by atoms with Crippen LogP contribution in [0.1, 0.15) is 30.5 Å². The minimum absolute atomic E-state index is 0.420. The molecule has 0 saturated heterocycles. The molecule has 0 bridgehead atoms. The van der Waals surface area contributed by atoms with E-state index in [1.807, 2.05) is 13.8 Å². The Balaban J connectivity index is 1.95. The van der Waals surface area contributed by atoms with Gasteiger partial charge >= 0.3 is 0 Å². The number of pyridine rings is 2. The zero-order chi connectivity index (χ0) is 22.4. The lowest BCUT2D eigenvalue weighted by Crippen LogP contribution is -2.29. The van der Waals surface area contributed by atoms with Crippen LogP contribution in [0.3, 0.4) is 0 Å². The Kier molecular flexibility index (Phi) is 3.70. The molecule has 6 rings (SSSR count). The van der Waals surface area contributed by atoms with Crippen molar-refractivity contribution >= 4 is 49.0 Å². The molecule has 3 nitrogen and oxygen atoms in total. The maximum atomic E-state index is 7.63. The van der Waals surface area contributed by atoms with Gasteiger partial charge in [0.25, 0.3) is 0 Å². The van der Waals surface area contributed by atoms with Gasteiger partial charge in [-0.05, 0) is 48.1 Å². The highest BCUT2D eigenvalue weighted by Gasteiger charge is 2.27. The van der Waals surface area contributed by atoms with E-state index >= 15 is 0 Å². The average Bonchev–Trinajstić information content (AvgIpc) is 3.10. The highest BCUT2D eigenvalue weighted by atomic mass is 15.0. The molecule has 0 aliphatic carbocycles. The van der Waals surface area contributed by atoms with Crippen molar-refractivity contribution in [2.45, 2.75) is 39.7 Å². The minimum atomic E-state index is -0.420. The molecular formula is C29H26N3+. The van der Waals surface area contributed by atoms with Crippen LogP contribution in [0.5, 0.6) is 0 Å². The predicted octanol–water partition coefficient (Wildman–Crippen LogP) is 6.67. The number of fused-ring (bicyclic) bond motifs is 5. The summed E-state index contributed by atoms with van der Waals surface area (Å²) in [7, 11) is 2.15. The molecule has 0 fully saturated rings. The highest BCUT2D eigenvalue weighted by molar-refractivity contribution is 6.26. The Bertz CT molecular complexity index is 1760. The van der Waals surface area contributed by atoms with E-state index in [-0.39, 0.29) is 0 Å². The maximum absolute atomic E-state index is 7.63. The van der Waals surface area contributed by atoms with Crippen molar-refractivity contribution in [1.82, 2.24) is 4.40 Å². The van der Waals surface area contributed by atoms with Gasteiger partial charge in [0, 0.05) is 30.7 Å². The van der Waals surface area contributed by atoms with Crippen LogP contribution >= 0.6 is 0 Å². The molecule has 0 spiro atoms. The van der Waals surface area contributed by atoms with Crippen LogP contribution in [0.4, 0.5) is 0 Å². The second-order valence-corrected chi connectivity index (χ2v) is 9.91. The first-order valence-electron chi connectivity index (χ1n) is 11.2. The smallest absolute Gasteiger partial charge is 0.231 e. The summed E-state index contributed by atoms with van der Waals surface area (Å²) >= 11 is 0. The van der Waals surface area contributed by atoms with Gasteiger partial charge in [-0.15, -0.1) is 0 Å². The largest absolute Gasteiger partial charge is 0.311 e. The Morgan fingerprint density at radius 2 is 1.72 bits per heavy atom. The predicted molar refractivity (Wildman–Crippen MR) is 134 cm³/mol. The van der Waals surface area contributed by atoms with Gasteiger partial charge in [-0.3, -0.25) is 0 Å². The molecule has 0 amide bonds. The number of benzene rings is 3. The zero-order valence-electron chi connectivity index (χ0n) is 19.2. The fraction of sp³-hybridized carbons (Fsp3) is 0.241. The number of hydrogen-bond donors (Lipinski definition) is 0. The van der Waals surface area contributed by atoms with E-state index in [0.717, 1.165) is 6.42 Å². The Hall–Kier alpha value is -3.64. The SMILES string of the molecule is [C-]#[N+]C(C)(C)Cc1cc2cc[n+](C)c3c4c(C)ccc5c6c(C)cccc6n(c(c1)c23)c54. The first-order chi connectivity index (χ1) is 15.3. The molecule has 0 unspecified atom stereocenters. The van der Waals surface area contributed by atoms with Crippen molar-refractivity contribution in [2.24, 2.45) is 7.05 Å². The van der Waals surface area contributed by atoms with Crippen LogP contribution < -0.4 is 4.57 Å². The first-order valence-corrected chi connectivity index (χ1v) is 11.2. The third kappa shape index (κ3) is 2.38. The molecule has 0 aliphatic rings. The summed E-state index contributed by atoms with van der Waals surface area (Å²) in [6.07, 6.45) is 2.91. The summed E-state index contributed by atoms with van der Waals surface area (Å²) in [5, 5.41) is 6.50. The summed E-state index contributed by atoms with van der Waals surface area (Å²) in [4.78, 5) is 3.87. The molecule has 0 atom stereocenters. The molecule has 32 heavy (non-hydrogen) atoms. The van der Waals surface area contributed by atoms with Crippen LogP contribution in [0.15, 0.2) is 54.7 Å². The average molecular weight is 417 g/mol. The summed E-state index contributed by atoms with van der Waals surface area (Å²) in [5.41, 5.74) is 8.46. The normalized spacial score (nSPS) is 12.6. The second kappa shape index (κ2) is 6.20. The Morgan fingerprint density at radius 1 is 0.938 bits per heavy atom. The van der Waals surface area contributed by atoms with Crippen LogP contribution in [0, 0.1) is 20.4 Å². The third-order valence-electron chi connectivity index (χ3n) is 7.06. The van der Waals surface area contributed by atoms with Gasteiger partial charge in [0.1, 0.15) is 7.05 Å². The van der Waals surface area contributed by atoms with Crippen molar-refractivity contribution in [3.63, 3.8) is 0 Å². The van der Waals surface area contributed by atoms with Gasteiger partial charge in [0.15, 0.2) is 6.20 Å². The van der Waals surface area contributed by atoms with Crippen molar-refractivity contribution in [2.75, 3.05) is 0 Å². The van der Waals surface area contributed by atoms with Crippen molar-refractivity contribution in [3.05, 3.63) is 82.8 Å². The van der Waals surface area contributed by atoms with E-state index in [4.69, 9.17) is 6.57 Å².